The maximum Gasteiger partial charge on any atom is 0.226 e. The molecule has 5 rings (SSSR count). The number of rotatable bonds is 4. The maximum absolute atomic E-state index is 13.3. The molecule has 0 aliphatic heterocycles. The molecule has 2 unspecified atom stereocenters. The summed E-state index contributed by atoms with van der Waals surface area (Å²) in [5.74, 6) is 1.69. The minimum absolute atomic E-state index is 0.0779. The van der Waals surface area contributed by atoms with Crippen LogP contribution >= 0.6 is 11.6 Å². The molecule has 5 aliphatic rings. The molecule has 4 atom stereocenters. The molecule has 0 saturated heterocycles. The highest BCUT2D eigenvalue weighted by molar-refractivity contribution is 6.24. The van der Waals surface area contributed by atoms with Crippen molar-refractivity contribution in [3.8, 4) is 0 Å². The molecule has 4 bridgehead atoms. The number of amides is 1. The fraction of sp³-hybridized carbons (Fsp3) is 0.950. The second kappa shape index (κ2) is 5.87. The molecule has 136 valence electrons. The molecule has 1 N–H and O–H groups in total. The third-order valence-electron chi connectivity index (χ3n) is 7.78. The molecule has 0 aromatic heterocycles. The van der Waals surface area contributed by atoms with Crippen molar-refractivity contribution < 1.29 is 4.79 Å². The van der Waals surface area contributed by atoms with Gasteiger partial charge < -0.3 is 10.2 Å². The van der Waals surface area contributed by atoms with Crippen molar-refractivity contribution in [3.05, 3.63) is 0 Å². The van der Waals surface area contributed by atoms with Crippen LogP contribution < -0.4 is 5.32 Å². The van der Waals surface area contributed by atoms with Crippen LogP contribution in [0.1, 0.15) is 70.6 Å². The molecular formula is C20H33ClN2O. The molecule has 4 heteroatoms. The predicted molar refractivity (Wildman–Crippen MR) is 98.2 cm³/mol. The highest BCUT2D eigenvalue weighted by Crippen LogP contribution is 2.63. The predicted octanol–water partition coefficient (Wildman–Crippen LogP) is 3.94. The molecule has 24 heavy (non-hydrogen) atoms. The summed E-state index contributed by atoms with van der Waals surface area (Å²) in [7, 11) is 4.35. The summed E-state index contributed by atoms with van der Waals surface area (Å²) < 4.78 is 0. The zero-order valence-electron chi connectivity index (χ0n) is 15.4. The van der Waals surface area contributed by atoms with E-state index in [1.807, 2.05) is 0 Å². The summed E-state index contributed by atoms with van der Waals surface area (Å²) >= 11 is 6.90. The van der Waals surface area contributed by atoms with Gasteiger partial charge in [0.05, 0.1) is 5.41 Å². The van der Waals surface area contributed by atoms with E-state index in [1.165, 1.54) is 38.5 Å². The quantitative estimate of drug-likeness (QED) is 0.777. The van der Waals surface area contributed by atoms with Gasteiger partial charge >= 0.3 is 0 Å². The first-order valence-corrected chi connectivity index (χ1v) is 10.4. The molecule has 5 aliphatic carbocycles. The topological polar surface area (TPSA) is 32.3 Å². The third kappa shape index (κ3) is 2.80. The Morgan fingerprint density at radius 2 is 1.71 bits per heavy atom. The fourth-order valence-corrected chi connectivity index (χ4v) is 7.53. The van der Waals surface area contributed by atoms with Crippen LogP contribution in [0.25, 0.3) is 0 Å². The fourth-order valence-electron chi connectivity index (χ4n) is 6.84. The van der Waals surface area contributed by atoms with Gasteiger partial charge in [0.25, 0.3) is 0 Å². The summed E-state index contributed by atoms with van der Waals surface area (Å²) in [5.41, 5.74) is 0.00284. The van der Waals surface area contributed by atoms with Gasteiger partial charge in [0.1, 0.15) is 0 Å². The van der Waals surface area contributed by atoms with Crippen LogP contribution in [-0.2, 0) is 4.79 Å². The Kier molecular flexibility index (Phi) is 4.20. The van der Waals surface area contributed by atoms with Gasteiger partial charge in [-0.15, -0.1) is 11.6 Å². The molecule has 5 fully saturated rings. The van der Waals surface area contributed by atoms with Crippen LogP contribution in [-0.4, -0.2) is 41.9 Å². The van der Waals surface area contributed by atoms with E-state index in [0.717, 1.165) is 38.6 Å². The van der Waals surface area contributed by atoms with Crippen molar-refractivity contribution in [2.75, 3.05) is 20.6 Å². The first-order valence-electron chi connectivity index (χ1n) is 10.00. The van der Waals surface area contributed by atoms with E-state index in [2.05, 4.69) is 24.3 Å². The van der Waals surface area contributed by atoms with Gasteiger partial charge in [-0.3, -0.25) is 4.79 Å². The smallest absolute Gasteiger partial charge is 0.226 e. The SMILES string of the molecule is CN(C)C1(CNC(=O)C23C[C@@H]4C[C@@H](CC(Cl)(C4)C2)C3)CCCCC1. The van der Waals surface area contributed by atoms with Gasteiger partial charge in [0.2, 0.25) is 5.91 Å². The summed E-state index contributed by atoms with van der Waals surface area (Å²) in [5, 5.41) is 3.41. The highest BCUT2D eigenvalue weighted by Gasteiger charge is 2.60. The first kappa shape index (κ1) is 17.1. The number of nitrogens with zero attached hydrogens (tertiary/aromatic N) is 1. The number of likely N-dealkylation sites (N-methyl/N-ethyl adjacent to an activating group) is 1. The Hall–Kier alpha value is -0.280. The van der Waals surface area contributed by atoms with Gasteiger partial charge in [0.15, 0.2) is 0 Å². The lowest BCUT2D eigenvalue weighted by Crippen LogP contribution is -2.61. The van der Waals surface area contributed by atoms with E-state index in [0.29, 0.717) is 17.7 Å². The van der Waals surface area contributed by atoms with Crippen molar-refractivity contribution in [2.45, 2.75) is 81.0 Å². The number of alkyl halides is 1. The van der Waals surface area contributed by atoms with Gasteiger partial charge in [-0.25, -0.2) is 0 Å². The summed E-state index contributed by atoms with van der Waals surface area (Å²) in [4.78, 5) is 15.5. The highest BCUT2D eigenvalue weighted by atomic mass is 35.5. The van der Waals surface area contributed by atoms with Crippen LogP contribution in [0.2, 0.25) is 0 Å². The Bertz CT molecular complexity index is 498. The Morgan fingerprint density at radius 3 is 2.25 bits per heavy atom. The minimum atomic E-state index is -0.159. The molecular weight excluding hydrogens is 320 g/mol. The molecule has 5 saturated carbocycles. The number of carbonyl (C=O) groups is 1. The van der Waals surface area contributed by atoms with Crippen molar-refractivity contribution in [1.82, 2.24) is 10.2 Å². The number of hydrogen-bond donors (Lipinski definition) is 1. The van der Waals surface area contributed by atoms with Crippen LogP contribution in [0.5, 0.6) is 0 Å². The normalized spacial score (nSPS) is 43.2. The van der Waals surface area contributed by atoms with Crippen LogP contribution in [0.4, 0.5) is 0 Å². The van der Waals surface area contributed by atoms with E-state index in [1.54, 1.807) is 0 Å². The molecule has 3 nitrogen and oxygen atoms in total. The Labute approximate surface area is 151 Å². The monoisotopic (exact) mass is 352 g/mol. The Balaban J connectivity index is 1.46. The van der Waals surface area contributed by atoms with Crippen molar-refractivity contribution >= 4 is 17.5 Å². The van der Waals surface area contributed by atoms with E-state index in [-0.39, 0.29) is 15.8 Å². The van der Waals surface area contributed by atoms with E-state index in [9.17, 15) is 4.79 Å². The molecule has 0 heterocycles. The number of carbonyl (C=O) groups excluding carboxylic acids is 1. The number of hydrogen-bond acceptors (Lipinski definition) is 2. The molecule has 0 radical (unpaired) electrons. The first-order chi connectivity index (χ1) is 11.3. The number of nitrogens with one attached hydrogen (secondary N) is 1. The van der Waals surface area contributed by atoms with Crippen molar-refractivity contribution in [1.29, 1.82) is 0 Å². The summed E-state index contributed by atoms with van der Waals surface area (Å²) in [6.45, 7) is 0.811. The van der Waals surface area contributed by atoms with Crippen LogP contribution in [0.3, 0.4) is 0 Å². The molecule has 0 spiro atoms. The van der Waals surface area contributed by atoms with Crippen LogP contribution in [0, 0.1) is 17.3 Å². The average Bonchev–Trinajstić information content (AvgIpc) is 2.51. The van der Waals surface area contributed by atoms with Gasteiger partial charge in [-0.05, 0) is 77.3 Å². The average molecular weight is 353 g/mol. The van der Waals surface area contributed by atoms with E-state index >= 15 is 0 Å². The third-order valence-corrected chi connectivity index (χ3v) is 8.22. The summed E-state index contributed by atoms with van der Waals surface area (Å²) in [6.07, 6.45) is 13.0. The zero-order chi connectivity index (χ0) is 17.0. The molecule has 1 amide bonds. The maximum atomic E-state index is 13.3. The lowest BCUT2D eigenvalue weighted by atomic mass is 9.49. The van der Waals surface area contributed by atoms with Crippen LogP contribution in [0.15, 0.2) is 0 Å². The van der Waals surface area contributed by atoms with E-state index < -0.39 is 0 Å². The van der Waals surface area contributed by atoms with Gasteiger partial charge in [-0.2, -0.15) is 0 Å². The second-order valence-corrected chi connectivity index (χ2v) is 10.6. The molecule has 0 aromatic rings. The van der Waals surface area contributed by atoms with E-state index in [4.69, 9.17) is 11.6 Å². The largest absolute Gasteiger partial charge is 0.354 e. The Morgan fingerprint density at radius 1 is 1.08 bits per heavy atom. The van der Waals surface area contributed by atoms with Crippen molar-refractivity contribution in [3.63, 3.8) is 0 Å². The zero-order valence-corrected chi connectivity index (χ0v) is 16.1. The van der Waals surface area contributed by atoms with Crippen molar-refractivity contribution in [2.24, 2.45) is 17.3 Å². The second-order valence-electron chi connectivity index (χ2n) is 9.75. The van der Waals surface area contributed by atoms with Gasteiger partial charge in [-0.1, -0.05) is 19.3 Å². The standard InChI is InChI=1S/C20H33ClN2O/c1-23(2)20(6-4-3-5-7-20)14-22-17(24)18-9-15-8-16(10-18)12-19(21,11-15)13-18/h15-16H,3-14H2,1-2H3,(H,22,24)/t15-,16+,18?,19?. The lowest BCUT2D eigenvalue weighted by molar-refractivity contribution is -0.145. The minimum Gasteiger partial charge on any atom is -0.354 e. The molecule has 0 aromatic carbocycles. The summed E-state index contributed by atoms with van der Waals surface area (Å²) in [6, 6.07) is 0. The lowest BCUT2D eigenvalue weighted by Gasteiger charge is -2.59. The van der Waals surface area contributed by atoms with Gasteiger partial charge in [0, 0.05) is 17.0 Å². The number of halogens is 1.